The van der Waals surface area contributed by atoms with Gasteiger partial charge in [-0.3, -0.25) is 4.55 Å². The van der Waals surface area contributed by atoms with Crippen LogP contribution in [0.5, 0.6) is 0 Å². The van der Waals surface area contributed by atoms with Gasteiger partial charge in [0.05, 0.1) is 0 Å². The Kier molecular flexibility index (Phi) is 2.81. The van der Waals surface area contributed by atoms with E-state index in [2.05, 4.69) is 13.8 Å². The summed E-state index contributed by atoms with van der Waals surface area (Å²) in [5.41, 5.74) is 2.32. The fraction of sp³-hybridized carbons (Fsp3) is 0.529. The second kappa shape index (κ2) is 3.99. The molecule has 1 fully saturated rings. The van der Waals surface area contributed by atoms with Crippen LogP contribution in [0.4, 0.5) is 0 Å². The van der Waals surface area contributed by atoms with Crippen molar-refractivity contribution >= 4 is 10.1 Å². The monoisotopic (exact) mass is 306 g/mol. The number of hydrogen-bond acceptors (Lipinski definition) is 2. The zero-order valence-corrected chi connectivity index (χ0v) is 13.8. The molecule has 21 heavy (non-hydrogen) atoms. The minimum Gasteiger partial charge on any atom is -0.285 e. The molecule has 2 atom stereocenters. The lowest BCUT2D eigenvalue weighted by Gasteiger charge is -2.52. The van der Waals surface area contributed by atoms with Gasteiger partial charge in [0.25, 0.3) is 10.1 Å². The fourth-order valence-corrected chi connectivity index (χ4v) is 5.92. The van der Waals surface area contributed by atoms with Crippen LogP contribution in [0.25, 0.3) is 0 Å². The third-order valence-electron chi connectivity index (χ3n) is 5.40. The molecular weight excluding hydrogens is 284 g/mol. The molecule has 0 bridgehead atoms. The van der Waals surface area contributed by atoms with Crippen molar-refractivity contribution < 1.29 is 13.0 Å². The van der Waals surface area contributed by atoms with Gasteiger partial charge in [-0.1, -0.05) is 55.4 Å². The molecule has 0 aromatic heterocycles. The van der Waals surface area contributed by atoms with E-state index in [4.69, 9.17) is 0 Å². The Balaban J connectivity index is 2.37. The number of allylic oxidation sites excluding steroid dienone is 7. The quantitative estimate of drug-likeness (QED) is 0.749. The summed E-state index contributed by atoms with van der Waals surface area (Å²) in [5.74, 6) is 0. The smallest absolute Gasteiger partial charge is 0.275 e. The van der Waals surface area contributed by atoms with E-state index in [1.807, 2.05) is 38.2 Å². The molecular formula is C17H22O3S. The highest BCUT2D eigenvalue weighted by Gasteiger charge is 2.65. The maximum absolute atomic E-state index is 12.3. The third kappa shape index (κ3) is 1.78. The highest BCUT2D eigenvalue weighted by atomic mass is 32.2. The highest BCUT2D eigenvalue weighted by molar-refractivity contribution is 7.87. The summed E-state index contributed by atoms with van der Waals surface area (Å²) in [4.78, 5) is 0. The van der Waals surface area contributed by atoms with Crippen molar-refractivity contribution in [3.63, 3.8) is 0 Å². The average molecular weight is 306 g/mol. The van der Waals surface area contributed by atoms with Crippen LogP contribution in [0.2, 0.25) is 0 Å². The zero-order chi connectivity index (χ0) is 15.7. The predicted molar refractivity (Wildman–Crippen MR) is 84.5 cm³/mol. The Morgan fingerprint density at radius 2 is 1.86 bits per heavy atom. The van der Waals surface area contributed by atoms with Gasteiger partial charge in [0.1, 0.15) is 4.75 Å². The molecule has 1 saturated carbocycles. The fourth-order valence-electron chi connectivity index (χ4n) is 4.34. The van der Waals surface area contributed by atoms with Crippen LogP contribution in [-0.4, -0.2) is 17.7 Å². The summed E-state index contributed by atoms with van der Waals surface area (Å²) in [5, 5.41) is 0. The Labute approximate surface area is 126 Å². The minimum absolute atomic E-state index is 0.174. The minimum atomic E-state index is -4.22. The first-order chi connectivity index (χ1) is 9.52. The van der Waals surface area contributed by atoms with Crippen LogP contribution in [0, 0.1) is 10.8 Å². The normalized spacial score (nSPS) is 37.3. The van der Waals surface area contributed by atoms with Crippen molar-refractivity contribution in [3.8, 4) is 0 Å². The summed E-state index contributed by atoms with van der Waals surface area (Å²) < 4.78 is 33.5. The van der Waals surface area contributed by atoms with E-state index in [0.29, 0.717) is 6.42 Å². The zero-order valence-electron chi connectivity index (χ0n) is 13.0. The Hall–Kier alpha value is -1.13. The van der Waals surface area contributed by atoms with Gasteiger partial charge in [-0.15, -0.1) is 0 Å². The molecule has 0 aromatic rings. The molecule has 114 valence electrons. The molecule has 0 aliphatic heterocycles. The van der Waals surface area contributed by atoms with Crippen LogP contribution >= 0.6 is 0 Å². The van der Waals surface area contributed by atoms with Gasteiger partial charge in [-0.2, -0.15) is 8.42 Å². The second-order valence-electron chi connectivity index (χ2n) is 7.54. The van der Waals surface area contributed by atoms with Crippen molar-refractivity contribution in [3.05, 3.63) is 47.1 Å². The maximum Gasteiger partial charge on any atom is 0.275 e. The van der Waals surface area contributed by atoms with Crippen molar-refractivity contribution in [1.82, 2.24) is 0 Å². The first-order valence-electron chi connectivity index (χ1n) is 7.28. The first kappa shape index (κ1) is 14.8. The Bertz CT molecular complexity index is 734. The molecule has 4 heteroatoms. The molecule has 1 N–H and O–H groups in total. The Morgan fingerprint density at radius 1 is 1.19 bits per heavy atom. The largest absolute Gasteiger partial charge is 0.285 e. The van der Waals surface area contributed by atoms with Crippen molar-refractivity contribution in [2.45, 2.75) is 45.3 Å². The van der Waals surface area contributed by atoms with E-state index in [9.17, 15) is 13.0 Å². The van der Waals surface area contributed by atoms with Crippen molar-refractivity contribution in [2.24, 2.45) is 10.8 Å². The van der Waals surface area contributed by atoms with Gasteiger partial charge in [-0.25, -0.2) is 0 Å². The number of hydrogen-bond donors (Lipinski definition) is 1. The second-order valence-corrected chi connectivity index (χ2v) is 9.22. The number of rotatable bonds is 1. The molecule has 2 unspecified atom stereocenters. The SMILES string of the molecule is CC1=CC=C2CC(C)(C)CC3(S(=O)(=O)O)C=CC(=C1)C23C. The van der Waals surface area contributed by atoms with Gasteiger partial charge < -0.3 is 0 Å². The molecule has 0 spiro atoms. The van der Waals surface area contributed by atoms with Crippen molar-refractivity contribution in [1.29, 1.82) is 0 Å². The van der Waals surface area contributed by atoms with E-state index < -0.39 is 20.3 Å². The first-order valence-corrected chi connectivity index (χ1v) is 8.72. The van der Waals surface area contributed by atoms with Crippen LogP contribution in [-0.2, 0) is 10.1 Å². The van der Waals surface area contributed by atoms with E-state index in [1.54, 1.807) is 6.08 Å². The van der Waals surface area contributed by atoms with Gasteiger partial charge in [-0.05, 0) is 37.7 Å². The topological polar surface area (TPSA) is 54.4 Å². The standard InChI is InChI=1S/C17H22O3S/c1-12-5-6-14-10-15(2,3)11-17(21(18,19)20)8-7-13(9-12)16(14,17)4/h5-9H,10-11H2,1-4H3,(H,18,19,20). The summed E-state index contributed by atoms with van der Waals surface area (Å²) >= 11 is 0. The summed E-state index contributed by atoms with van der Waals surface area (Å²) in [6.07, 6.45) is 11.0. The highest BCUT2D eigenvalue weighted by Crippen LogP contribution is 2.64. The van der Waals surface area contributed by atoms with Crippen molar-refractivity contribution in [2.75, 3.05) is 0 Å². The van der Waals surface area contributed by atoms with Gasteiger partial charge in [0.2, 0.25) is 0 Å². The van der Waals surface area contributed by atoms with E-state index in [1.165, 1.54) is 0 Å². The van der Waals surface area contributed by atoms with Crippen LogP contribution < -0.4 is 0 Å². The lowest BCUT2D eigenvalue weighted by atomic mass is 9.56. The lowest BCUT2D eigenvalue weighted by molar-refractivity contribution is 0.175. The molecule has 3 aliphatic carbocycles. The maximum atomic E-state index is 12.3. The van der Waals surface area contributed by atoms with E-state index >= 15 is 0 Å². The van der Waals surface area contributed by atoms with Crippen LogP contribution in [0.1, 0.15) is 40.5 Å². The molecule has 0 saturated heterocycles. The Morgan fingerprint density at radius 3 is 2.48 bits per heavy atom. The van der Waals surface area contributed by atoms with Crippen LogP contribution in [0.3, 0.4) is 0 Å². The van der Waals surface area contributed by atoms with E-state index in [0.717, 1.165) is 23.1 Å². The molecule has 3 aliphatic rings. The van der Waals surface area contributed by atoms with Crippen LogP contribution in [0.15, 0.2) is 47.1 Å². The molecule has 3 rings (SSSR count). The third-order valence-corrected chi connectivity index (χ3v) is 7.01. The van der Waals surface area contributed by atoms with Gasteiger partial charge in [0, 0.05) is 5.41 Å². The molecule has 3 nitrogen and oxygen atoms in total. The van der Waals surface area contributed by atoms with Gasteiger partial charge >= 0.3 is 0 Å². The predicted octanol–water partition coefficient (Wildman–Crippen LogP) is 3.82. The van der Waals surface area contributed by atoms with E-state index in [-0.39, 0.29) is 5.41 Å². The molecule has 0 radical (unpaired) electrons. The molecule has 0 aromatic carbocycles. The average Bonchev–Trinajstić information content (AvgIpc) is 2.53. The van der Waals surface area contributed by atoms with Gasteiger partial charge in [0.15, 0.2) is 0 Å². The molecule has 0 heterocycles. The summed E-state index contributed by atoms with van der Waals surface area (Å²) in [6.45, 7) is 8.10. The summed E-state index contributed by atoms with van der Waals surface area (Å²) in [6, 6.07) is 0. The molecule has 0 amide bonds. The summed E-state index contributed by atoms with van der Waals surface area (Å²) in [7, 11) is -4.22. The lowest BCUT2D eigenvalue weighted by Crippen LogP contribution is -2.56.